The molecule has 0 aromatic rings. The fourth-order valence-corrected chi connectivity index (χ4v) is 3.57. The zero-order valence-corrected chi connectivity index (χ0v) is 18.3. The van der Waals surface area contributed by atoms with Crippen LogP contribution >= 0.6 is 0 Å². The van der Waals surface area contributed by atoms with E-state index in [1.165, 1.54) is 109 Å². The van der Waals surface area contributed by atoms with Gasteiger partial charge in [-0.15, -0.1) is 0 Å². The molecule has 0 rings (SSSR count). The zero-order valence-electron chi connectivity index (χ0n) is 18.3. The minimum absolute atomic E-state index is 0.0775. The van der Waals surface area contributed by atoms with Crippen LogP contribution in [-0.2, 0) is 4.74 Å². The van der Waals surface area contributed by atoms with Gasteiger partial charge in [0.05, 0.1) is 12.7 Å². The van der Waals surface area contributed by atoms with Crippen molar-refractivity contribution < 1.29 is 9.84 Å². The lowest BCUT2D eigenvalue weighted by molar-refractivity contribution is 0.00497. The van der Waals surface area contributed by atoms with Crippen LogP contribution < -0.4 is 0 Å². The van der Waals surface area contributed by atoms with Crippen molar-refractivity contribution >= 4 is 0 Å². The molecule has 0 aliphatic carbocycles. The maximum atomic E-state index is 9.46. The van der Waals surface area contributed by atoms with Crippen LogP contribution in [0.4, 0.5) is 0 Å². The average molecular weight is 371 g/mol. The highest BCUT2D eigenvalue weighted by Gasteiger charge is 2.07. The van der Waals surface area contributed by atoms with E-state index in [9.17, 15) is 5.11 Å². The number of unbranched alkanes of at least 4 members (excludes halogenated alkanes) is 16. The van der Waals surface area contributed by atoms with Gasteiger partial charge in [0, 0.05) is 6.61 Å². The van der Waals surface area contributed by atoms with Gasteiger partial charge in [-0.25, -0.2) is 0 Å². The molecular formula is C24H50O2. The van der Waals surface area contributed by atoms with E-state index in [0.717, 1.165) is 19.4 Å². The Balaban J connectivity index is 3.27. The summed E-state index contributed by atoms with van der Waals surface area (Å²) in [5.74, 6) is 0. The van der Waals surface area contributed by atoms with Crippen LogP contribution in [-0.4, -0.2) is 24.4 Å². The smallest absolute Gasteiger partial charge is 0.0805 e. The van der Waals surface area contributed by atoms with Gasteiger partial charge in [0.25, 0.3) is 0 Å². The lowest BCUT2D eigenvalue weighted by atomic mass is 10.1. The number of hydrogen-bond donors (Lipinski definition) is 1. The highest BCUT2D eigenvalue weighted by Crippen LogP contribution is 2.13. The van der Waals surface area contributed by atoms with Gasteiger partial charge in [0.15, 0.2) is 0 Å². The lowest BCUT2D eigenvalue weighted by Gasteiger charge is -2.15. The zero-order chi connectivity index (χ0) is 19.1. The van der Waals surface area contributed by atoms with Crippen LogP contribution in [0.2, 0.25) is 0 Å². The second kappa shape index (κ2) is 23.0. The van der Waals surface area contributed by atoms with E-state index in [0.29, 0.717) is 0 Å². The van der Waals surface area contributed by atoms with Gasteiger partial charge in [0.1, 0.15) is 0 Å². The molecule has 0 aliphatic heterocycles. The first-order chi connectivity index (χ1) is 12.8. The highest BCUT2D eigenvalue weighted by molar-refractivity contribution is 4.57. The third-order valence-corrected chi connectivity index (χ3v) is 5.43. The van der Waals surface area contributed by atoms with Crippen LogP contribution in [0.5, 0.6) is 0 Å². The van der Waals surface area contributed by atoms with Gasteiger partial charge >= 0.3 is 0 Å². The molecule has 0 spiro atoms. The largest absolute Gasteiger partial charge is 0.394 e. The third kappa shape index (κ3) is 20.2. The first kappa shape index (κ1) is 25.9. The van der Waals surface area contributed by atoms with E-state index in [-0.39, 0.29) is 12.7 Å². The molecule has 0 saturated heterocycles. The second-order valence-electron chi connectivity index (χ2n) is 8.12. The number of aliphatic hydroxyl groups excluding tert-OH is 1. The minimum atomic E-state index is 0.0775. The van der Waals surface area contributed by atoms with Crippen LogP contribution in [0.3, 0.4) is 0 Å². The molecule has 0 aliphatic rings. The Labute approximate surface area is 165 Å². The molecule has 0 fully saturated rings. The summed E-state index contributed by atoms with van der Waals surface area (Å²) in [6.07, 6.45) is 25.4. The van der Waals surface area contributed by atoms with E-state index in [4.69, 9.17) is 4.74 Å². The predicted molar refractivity (Wildman–Crippen MR) is 116 cm³/mol. The lowest BCUT2D eigenvalue weighted by Crippen LogP contribution is -2.18. The summed E-state index contributed by atoms with van der Waals surface area (Å²) >= 11 is 0. The van der Waals surface area contributed by atoms with E-state index in [1.807, 2.05) is 0 Å². The number of rotatable bonds is 22. The number of ether oxygens (including phenoxy) is 1. The van der Waals surface area contributed by atoms with Crippen molar-refractivity contribution in [3.05, 3.63) is 0 Å². The van der Waals surface area contributed by atoms with E-state index in [1.54, 1.807) is 0 Å². The fourth-order valence-electron chi connectivity index (χ4n) is 3.57. The van der Waals surface area contributed by atoms with Crippen molar-refractivity contribution in [2.75, 3.05) is 13.2 Å². The molecule has 2 heteroatoms. The van der Waals surface area contributed by atoms with Gasteiger partial charge in [-0.3, -0.25) is 0 Å². The number of aliphatic hydroxyl groups is 1. The van der Waals surface area contributed by atoms with Crippen LogP contribution in [0, 0.1) is 0 Å². The van der Waals surface area contributed by atoms with Crippen molar-refractivity contribution in [3.63, 3.8) is 0 Å². The SMILES string of the molecule is CCCCCCCCCCCCOC(CO)CCCCCCCCCC. The highest BCUT2D eigenvalue weighted by atomic mass is 16.5. The van der Waals surface area contributed by atoms with E-state index >= 15 is 0 Å². The summed E-state index contributed by atoms with van der Waals surface area (Å²) in [6.45, 7) is 5.57. The van der Waals surface area contributed by atoms with Crippen LogP contribution in [0.15, 0.2) is 0 Å². The van der Waals surface area contributed by atoms with Crippen molar-refractivity contribution in [3.8, 4) is 0 Å². The summed E-state index contributed by atoms with van der Waals surface area (Å²) in [5.41, 5.74) is 0. The van der Waals surface area contributed by atoms with Crippen LogP contribution in [0.1, 0.15) is 136 Å². The second-order valence-corrected chi connectivity index (χ2v) is 8.12. The normalized spacial score (nSPS) is 12.6. The molecule has 0 amide bonds. The Morgan fingerprint density at radius 3 is 1.35 bits per heavy atom. The Bertz CT molecular complexity index is 242. The maximum Gasteiger partial charge on any atom is 0.0805 e. The Morgan fingerprint density at radius 1 is 0.538 bits per heavy atom. The molecule has 0 radical (unpaired) electrons. The first-order valence-corrected chi connectivity index (χ1v) is 12.1. The molecular weight excluding hydrogens is 320 g/mol. The van der Waals surface area contributed by atoms with Crippen molar-refractivity contribution in [2.24, 2.45) is 0 Å². The molecule has 0 heterocycles. The Hall–Kier alpha value is -0.0800. The molecule has 0 saturated carbocycles. The molecule has 0 aromatic carbocycles. The van der Waals surface area contributed by atoms with Gasteiger partial charge < -0.3 is 9.84 Å². The maximum absolute atomic E-state index is 9.46. The molecule has 2 nitrogen and oxygen atoms in total. The predicted octanol–water partition coefficient (Wildman–Crippen LogP) is 7.82. The van der Waals surface area contributed by atoms with Crippen LogP contribution in [0.25, 0.3) is 0 Å². The van der Waals surface area contributed by atoms with E-state index in [2.05, 4.69) is 13.8 Å². The van der Waals surface area contributed by atoms with Crippen molar-refractivity contribution in [1.82, 2.24) is 0 Å². The van der Waals surface area contributed by atoms with E-state index < -0.39 is 0 Å². The summed E-state index contributed by atoms with van der Waals surface area (Å²) in [6, 6.07) is 0. The molecule has 1 atom stereocenters. The Kier molecular flexibility index (Phi) is 22.9. The Morgan fingerprint density at radius 2 is 0.923 bits per heavy atom. The molecule has 1 unspecified atom stereocenters. The van der Waals surface area contributed by atoms with Crippen molar-refractivity contribution in [1.29, 1.82) is 0 Å². The molecule has 0 bridgehead atoms. The third-order valence-electron chi connectivity index (χ3n) is 5.43. The summed E-state index contributed by atoms with van der Waals surface area (Å²) in [4.78, 5) is 0. The van der Waals surface area contributed by atoms with Crippen molar-refractivity contribution in [2.45, 2.75) is 142 Å². The monoisotopic (exact) mass is 370 g/mol. The topological polar surface area (TPSA) is 29.5 Å². The fraction of sp³-hybridized carbons (Fsp3) is 1.00. The van der Waals surface area contributed by atoms with Gasteiger partial charge in [-0.1, -0.05) is 123 Å². The quantitative estimate of drug-likeness (QED) is 0.197. The van der Waals surface area contributed by atoms with Gasteiger partial charge in [-0.05, 0) is 12.8 Å². The molecule has 26 heavy (non-hydrogen) atoms. The first-order valence-electron chi connectivity index (χ1n) is 12.1. The molecule has 0 aromatic heterocycles. The number of hydrogen-bond acceptors (Lipinski definition) is 2. The molecule has 1 N–H and O–H groups in total. The summed E-state index contributed by atoms with van der Waals surface area (Å²) in [7, 11) is 0. The minimum Gasteiger partial charge on any atom is -0.394 e. The average Bonchev–Trinajstić information content (AvgIpc) is 2.66. The molecule has 158 valence electrons. The standard InChI is InChI=1S/C24H50O2/c1-3-5-7-9-11-13-14-16-18-20-22-26-24(23-25)21-19-17-15-12-10-8-6-4-2/h24-25H,3-23H2,1-2H3. The van der Waals surface area contributed by atoms with Gasteiger partial charge in [-0.2, -0.15) is 0 Å². The summed E-state index contributed by atoms with van der Waals surface area (Å²) in [5, 5.41) is 9.46. The van der Waals surface area contributed by atoms with Gasteiger partial charge in [0.2, 0.25) is 0 Å². The summed E-state index contributed by atoms with van der Waals surface area (Å²) < 4.78 is 5.87.